The molecule has 182 valence electrons. The fourth-order valence-electron chi connectivity index (χ4n) is 2.13. The molecule has 0 aliphatic rings. The summed E-state index contributed by atoms with van der Waals surface area (Å²) in [6.07, 6.45) is 1.20. The number of benzene rings is 1. The summed E-state index contributed by atoms with van der Waals surface area (Å²) in [4.78, 5) is 31.7. The average Bonchev–Trinajstić information content (AvgIpc) is 3.15. The van der Waals surface area contributed by atoms with Crippen LogP contribution >= 0.6 is 46.0 Å². The van der Waals surface area contributed by atoms with E-state index in [1.165, 1.54) is 33.3 Å². The van der Waals surface area contributed by atoms with Crippen molar-refractivity contribution in [2.24, 2.45) is 0 Å². The third kappa shape index (κ3) is 9.74. The van der Waals surface area contributed by atoms with Crippen LogP contribution in [0, 0.1) is 0 Å². The number of amides is 2. The normalized spacial score (nSPS) is 10.0. The maximum absolute atomic E-state index is 12.3. The van der Waals surface area contributed by atoms with Gasteiger partial charge in [-0.05, 0) is 40.1 Å². The van der Waals surface area contributed by atoms with Crippen LogP contribution in [0.4, 0.5) is 15.5 Å². The molecule has 1 heterocycles. The fourth-order valence-corrected chi connectivity index (χ4v) is 4.50. The minimum atomic E-state index is -0.673. The van der Waals surface area contributed by atoms with E-state index in [0.29, 0.717) is 17.6 Å². The van der Waals surface area contributed by atoms with Gasteiger partial charge in [0.25, 0.3) is 0 Å². The summed E-state index contributed by atoms with van der Waals surface area (Å²) in [7, 11) is 12.0. The predicted octanol–water partition coefficient (Wildman–Crippen LogP) is 4.63. The molecule has 2 aromatic rings. The number of carbonyl (C=O) groups excluding carboxylic acids is 2. The molecule has 2 rings (SSSR count). The zero-order valence-corrected chi connectivity index (χ0v) is 22.8. The Bertz CT molecular complexity index is 944. The second kappa shape index (κ2) is 14.9. The molecule has 0 spiro atoms. The predicted molar refractivity (Wildman–Crippen MR) is 147 cm³/mol. The molecule has 0 aliphatic heterocycles. The quantitative estimate of drug-likeness (QED) is 0.331. The van der Waals surface area contributed by atoms with Gasteiger partial charge in [0, 0.05) is 34.7 Å². The second-order valence-corrected chi connectivity index (χ2v) is 10.3. The van der Waals surface area contributed by atoms with E-state index in [0.717, 1.165) is 21.5 Å². The number of aromatic nitrogens is 2. The van der Waals surface area contributed by atoms with Gasteiger partial charge in [-0.25, -0.2) is 19.1 Å². The molecule has 0 unspecified atom stereocenters. The van der Waals surface area contributed by atoms with Gasteiger partial charge in [-0.1, -0.05) is 49.9 Å². The van der Waals surface area contributed by atoms with E-state index < -0.39 is 6.09 Å². The van der Waals surface area contributed by atoms with Crippen LogP contribution in [0.25, 0.3) is 11.0 Å². The minimum Gasteiger partial charge on any atom is -0.453 e. The number of methoxy groups -OCH3 is 1. The average molecular weight is 531 g/mol. The monoisotopic (exact) mass is 530 g/mol. The van der Waals surface area contributed by atoms with Gasteiger partial charge in [0.1, 0.15) is 8.64 Å². The molecule has 0 saturated carbocycles. The molecule has 13 heteroatoms. The summed E-state index contributed by atoms with van der Waals surface area (Å²) in [5.41, 5.74) is 1.24. The number of nitrogens with zero attached hydrogens (tertiary/aromatic N) is 4. The Labute approximate surface area is 213 Å². The molecule has 0 atom stereocenters. The van der Waals surface area contributed by atoms with Crippen molar-refractivity contribution in [1.82, 2.24) is 24.7 Å². The summed E-state index contributed by atoms with van der Waals surface area (Å²) in [5, 5.41) is 5.25. The van der Waals surface area contributed by atoms with Gasteiger partial charge in [0.2, 0.25) is 5.95 Å². The van der Waals surface area contributed by atoms with Crippen LogP contribution in [0.1, 0.15) is 19.8 Å². The molecule has 0 bridgehead atoms. The van der Waals surface area contributed by atoms with Crippen molar-refractivity contribution < 1.29 is 14.3 Å². The molecular weight excluding hydrogens is 501 g/mol. The van der Waals surface area contributed by atoms with E-state index in [1.54, 1.807) is 12.1 Å². The molecule has 1 aromatic heterocycles. The number of para-hydroxylation sites is 2. The minimum absolute atomic E-state index is 0.136. The lowest BCUT2D eigenvalue weighted by Gasteiger charge is -2.15. The third-order valence-electron chi connectivity index (χ3n) is 3.88. The Morgan fingerprint density at radius 3 is 2.18 bits per heavy atom. The Balaban J connectivity index is 0.000000389. The summed E-state index contributed by atoms with van der Waals surface area (Å²) >= 11 is 10.1. The molecule has 0 fully saturated rings. The first-order valence-electron chi connectivity index (χ1n) is 10.00. The van der Waals surface area contributed by atoms with E-state index >= 15 is 0 Å². The number of thiocarbonyl (C=S) groups is 2. The van der Waals surface area contributed by atoms with Crippen LogP contribution in [-0.4, -0.2) is 82.0 Å². The second-order valence-electron chi connectivity index (χ2n) is 6.95. The lowest BCUT2D eigenvalue weighted by Crippen LogP contribution is -2.31. The smallest absolute Gasteiger partial charge is 0.413 e. The first-order chi connectivity index (χ1) is 15.6. The number of unbranched alkanes of at least 4 members (excludes halogenated alkanes) is 1. The van der Waals surface area contributed by atoms with Gasteiger partial charge in [-0.3, -0.25) is 5.32 Å². The number of rotatable bonds is 4. The van der Waals surface area contributed by atoms with Gasteiger partial charge in [0.05, 0.1) is 18.1 Å². The zero-order chi connectivity index (χ0) is 25.0. The van der Waals surface area contributed by atoms with Crippen LogP contribution in [0.15, 0.2) is 24.3 Å². The van der Waals surface area contributed by atoms with Gasteiger partial charge >= 0.3 is 12.1 Å². The third-order valence-corrected chi connectivity index (χ3v) is 8.04. The van der Waals surface area contributed by atoms with Crippen molar-refractivity contribution in [1.29, 1.82) is 0 Å². The van der Waals surface area contributed by atoms with E-state index in [9.17, 15) is 9.59 Å². The largest absolute Gasteiger partial charge is 0.453 e. The lowest BCUT2D eigenvalue weighted by atomic mass is 10.3. The summed E-state index contributed by atoms with van der Waals surface area (Å²) in [6, 6.07) is 6.83. The van der Waals surface area contributed by atoms with Crippen LogP contribution in [0.5, 0.6) is 0 Å². The highest BCUT2D eigenvalue weighted by atomic mass is 33.1. The number of imidazole rings is 1. The highest BCUT2D eigenvalue weighted by Crippen LogP contribution is 2.26. The Morgan fingerprint density at radius 1 is 1.09 bits per heavy atom. The number of fused-ring (bicyclic) bond motifs is 1. The van der Waals surface area contributed by atoms with Gasteiger partial charge in [-0.2, -0.15) is 0 Å². The van der Waals surface area contributed by atoms with Crippen LogP contribution < -0.4 is 10.6 Å². The molecular formula is C20H30N6O3S4. The van der Waals surface area contributed by atoms with E-state index in [2.05, 4.69) is 20.4 Å². The number of ether oxygens (including phenoxy) is 1. The van der Waals surface area contributed by atoms with Crippen molar-refractivity contribution >= 4 is 83.8 Å². The Morgan fingerprint density at radius 2 is 1.67 bits per heavy atom. The number of anilines is 1. The van der Waals surface area contributed by atoms with E-state index in [4.69, 9.17) is 24.4 Å². The molecule has 1 aromatic carbocycles. The van der Waals surface area contributed by atoms with Gasteiger partial charge in [-0.15, -0.1) is 0 Å². The highest BCUT2D eigenvalue weighted by molar-refractivity contribution is 8.89. The molecule has 0 saturated heterocycles. The summed E-state index contributed by atoms with van der Waals surface area (Å²) in [6.45, 7) is 2.61. The summed E-state index contributed by atoms with van der Waals surface area (Å²) < 4.78 is 7.56. The Hall–Kier alpha value is -2.09. The standard InChI is InChI=1S/C14H18N4O3.C6H12N2S4/c1-3-4-9-15-13(19)18-11-8-6-5-7-10(11)16-12(18)17-14(20)21-2;1-7(2)5(9)11-12-6(10)8(3)4/h5-8H,3-4,9H2,1-2H3,(H,15,19)(H,16,17,20);1-4H3. The van der Waals surface area contributed by atoms with Crippen molar-refractivity contribution in [3.8, 4) is 0 Å². The molecule has 9 nitrogen and oxygen atoms in total. The van der Waals surface area contributed by atoms with Crippen molar-refractivity contribution in [2.75, 3.05) is 47.2 Å². The Kier molecular flexibility index (Phi) is 13.1. The van der Waals surface area contributed by atoms with Crippen LogP contribution in [0.3, 0.4) is 0 Å². The van der Waals surface area contributed by atoms with Crippen molar-refractivity contribution in [3.05, 3.63) is 24.3 Å². The molecule has 0 radical (unpaired) electrons. The van der Waals surface area contributed by atoms with E-state index in [1.807, 2.05) is 57.0 Å². The molecule has 2 N–H and O–H groups in total. The zero-order valence-electron chi connectivity index (χ0n) is 19.6. The van der Waals surface area contributed by atoms with Crippen LogP contribution in [0.2, 0.25) is 0 Å². The molecule has 2 amide bonds. The maximum atomic E-state index is 12.3. The number of nitrogens with one attached hydrogen (secondary N) is 2. The lowest BCUT2D eigenvalue weighted by molar-refractivity contribution is 0.186. The highest BCUT2D eigenvalue weighted by Gasteiger charge is 2.18. The SMILES string of the molecule is CCCCNC(=O)n1c(NC(=O)OC)nc2ccccc21.CN(C)C(=S)SSC(=S)N(C)C. The molecule has 33 heavy (non-hydrogen) atoms. The molecule has 0 aliphatic carbocycles. The van der Waals surface area contributed by atoms with Crippen molar-refractivity contribution in [3.63, 3.8) is 0 Å². The maximum Gasteiger partial charge on any atom is 0.413 e. The topological polar surface area (TPSA) is 91.7 Å². The fraction of sp³-hybridized carbons (Fsp3) is 0.450. The number of hydrogen-bond acceptors (Lipinski definition) is 8. The number of carbonyl (C=O) groups is 2. The van der Waals surface area contributed by atoms with Gasteiger partial charge in [0.15, 0.2) is 0 Å². The number of hydrogen-bond donors (Lipinski definition) is 2. The van der Waals surface area contributed by atoms with E-state index in [-0.39, 0.29) is 12.0 Å². The van der Waals surface area contributed by atoms with Gasteiger partial charge < -0.3 is 19.9 Å². The summed E-state index contributed by atoms with van der Waals surface area (Å²) in [5.74, 6) is 0.136. The first-order valence-corrected chi connectivity index (χ1v) is 13.0. The first kappa shape index (κ1) is 28.9. The van der Waals surface area contributed by atoms with Crippen molar-refractivity contribution in [2.45, 2.75) is 19.8 Å². The van der Waals surface area contributed by atoms with Crippen LogP contribution in [-0.2, 0) is 4.74 Å².